The first-order valence-electron chi connectivity index (χ1n) is 8.33. The number of carbonyl (C=O) groups excluding carboxylic acids is 1. The lowest BCUT2D eigenvalue weighted by atomic mass is 10.1. The molecule has 0 aliphatic heterocycles. The Bertz CT molecular complexity index is 1130. The largest absolute Gasteiger partial charge is 0.380 e. The van der Waals surface area contributed by atoms with Crippen molar-refractivity contribution in [1.82, 2.24) is 19.4 Å². The molecule has 2 heterocycles. The van der Waals surface area contributed by atoms with E-state index in [0.717, 1.165) is 15.7 Å². The van der Waals surface area contributed by atoms with Crippen LogP contribution in [0.4, 0.5) is 0 Å². The van der Waals surface area contributed by atoms with Gasteiger partial charge in [-0.05, 0) is 17.2 Å². The SMILES string of the molecule is COCc1cccc(CNC(=O)c2cnc3c(c2)c(=O)n(C)c(=O)n3C)c1. The Kier molecular flexibility index (Phi) is 5.18. The van der Waals surface area contributed by atoms with E-state index < -0.39 is 11.2 Å². The third-order valence-electron chi connectivity index (χ3n) is 4.31. The zero-order valence-corrected chi connectivity index (χ0v) is 15.4. The molecule has 0 radical (unpaired) electrons. The van der Waals surface area contributed by atoms with Crippen molar-refractivity contribution in [3.8, 4) is 0 Å². The summed E-state index contributed by atoms with van der Waals surface area (Å²) in [5, 5.41) is 3.03. The van der Waals surface area contributed by atoms with E-state index in [1.807, 2.05) is 24.3 Å². The molecule has 27 heavy (non-hydrogen) atoms. The van der Waals surface area contributed by atoms with Crippen molar-refractivity contribution in [1.29, 1.82) is 0 Å². The molecular weight excluding hydrogens is 348 g/mol. The number of pyridine rings is 1. The molecule has 2 aromatic heterocycles. The van der Waals surface area contributed by atoms with Crippen LogP contribution in [0.5, 0.6) is 0 Å². The van der Waals surface area contributed by atoms with Gasteiger partial charge in [-0.3, -0.25) is 18.7 Å². The van der Waals surface area contributed by atoms with Crippen molar-refractivity contribution in [3.63, 3.8) is 0 Å². The molecule has 3 rings (SSSR count). The van der Waals surface area contributed by atoms with Crippen molar-refractivity contribution in [3.05, 3.63) is 74.1 Å². The van der Waals surface area contributed by atoms with Crippen molar-refractivity contribution < 1.29 is 9.53 Å². The fraction of sp³-hybridized carbons (Fsp3) is 0.263. The van der Waals surface area contributed by atoms with Crippen molar-refractivity contribution in [2.24, 2.45) is 14.1 Å². The number of aryl methyl sites for hydroxylation is 1. The standard InChI is InChI=1S/C19H20N4O4/c1-22-16-15(18(25)23(2)19(22)26)8-14(10-20-16)17(24)21-9-12-5-4-6-13(7-12)11-27-3/h4-8,10H,9,11H2,1-3H3,(H,21,24). The third-order valence-corrected chi connectivity index (χ3v) is 4.31. The summed E-state index contributed by atoms with van der Waals surface area (Å²) in [7, 11) is 4.55. The van der Waals surface area contributed by atoms with Crippen LogP contribution in [0.1, 0.15) is 21.5 Å². The second-order valence-corrected chi connectivity index (χ2v) is 6.24. The zero-order chi connectivity index (χ0) is 19.6. The molecule has 0 bridgehead atoms. The maximum absolute atomic E-state index is 12.5. The Balaban J connectivity index is 1.85. The van der Waals surface area contributed by atoms with Gasteiger partial charge in [0, 0.05) is 33.9 Å². The minimum Gasteiger partial charge on any atom is -0.380 e. The number of fused-ring (bicyclic) bond motifs is 1. The van der Waals surface area contributed by atoms with E-state index in [4.69, 9.17) is 4.74 Å². The maximum Gasteiger partial charge on any atom is 0.332 e. The molecule has 0 aliphatic rings. The highest BCUT2D eigenvalue weighted by molar-refractivity contribution is 5.96. The number of benzene rings is 1. The van der Waals surface area contributed by atoms with Gasteiger partial charge in [0.05, 0.1) is 17.6 Å². The summed E-state index contributed by atoms with van der Waals surface area (Å²) < 4.78 is 7.38. The molecule has 0 fully saturated rings. The fourth-order valence-electron chi connectivity index (χ4n) is 2.87. The van der Waals surface area contributed by atoms with E-state index in [2.05, 4.69) is 10.3 Å². The van der Waals surface area contributed by atoms with Crippen LogP contribution >= 0.6 is 0 Å². The van der Waals surface area contributed by atoms with E-state index in [9.17, 15) is 14.4 Å². The highest BCUT2D eigenvalue weighted by Gasteiger charge is 2.13. The van der Waals surface area contributed by atoms with Crippen LogP contribution < -0.4 is 16.6 Å². The van der Waals surface area contributed by atoms with E-state index in [-0.39, 0.29) is 22.5 Å². The number of carbonyl (C=O) groups is 1. The molecule has 0 atom stereocenters. The first kappa shape index (κ1) is 18.5. The number of ether oxygens (including phenoxy) is 1. The normalized spacial score (nSPS) is 10.9. The van der Waals surface area contributed by atoms with Crippen LogP contribution in [0.25, 0.3) is 11.0 Å². The Morgan fingerprint density at radius 3 is 2.63 bits per heavy atom. The third kappa shape index (κ3) is 3.65. The van der Waals surface area contributed by atoms with Gasteiger partial charge < -0.3 is 10.1 Å². The molecule has 1 amide bonds. The Morgan fingerprint density at radius 1 is 1.15 bits per heavy atom. The number of rotatable bonds is 5. The van der Waals surface area contributed by atoms with Crippen molar-refractivity contribution >= 4 is 16.9 Å². The van der Waals surface area contributed by atoms with E-state index in [1.165, 1.54) is 30.9 Å². The van der Waals surface area contributed by atoms with Gasteiger partial charge in [0.1, 0.15) is 5.65 Å². The van der Waals surface area contributed by atoms with Crippen LogP contribution in [-0.4, -0.2) is 27.1 Å². The van der Waals surface area contributed by atoms with Gasteiger partial charge in [0.25, 0.3) is 11.5 Å². The van der Waals surface area contributed by atoms with Crippen molar-refractivity contribution in [2.45, 2.75) is 13.2 Å². The average molecular weight is 368 g/mol. The maximum atomic E-state index is 12.5. The molecule has 0 aliphatic carbocycles. The van der Waals surface area contributed by atoms with Crippen LogP contribution in [0.3, 0.4) is 0 Å². The summed E-state index contributed by atoms with van der Waals surface area (Å²) in [6.45, 7) is 0.831. The molecule has 1 aromatic carbocycles. The summed E-state index contributed by atoms with van der Waals surface area (Å²) in [5.41, 5.74) is 1.50. The molecule has 0 unspecified atom stereocenters. The summed E-state index contributed by atoms with van der Waals surface area (Å²) in [6.07, 6.45) is 1.36. The molecule has 0 saturated carbocycles. The highest BCUT2D eigenvalue weighted by atomic mass is 16.5. The zero-order valence-electron chi connectivity index (χ0n) is 15.4. The van der Waals surface area contributed by atoms with Gasteiger partial charge in [0.2, 0.25) is 0 Å². The summed E-state index contributed by atoms with van der Waals surface area (Å²) >= 11 is 0. The number of nitrogens with one attached hydrogen (secondary N) is 1. The van der Waals surface area contributed by atoms with Gasteiger partial charge >= 0.3 is 5.69 Å². The smallest absolute Gasteiger partial charge is 0.332 e. The van der Waals surface area contributed by atoms with Crippen LogP contribution in [-0.2, 0) is 32.0 Å². The molecule has 0 spiro atoms. The van der Waals surface area contributed by atoms with E-state index in [1.54, 1.807) is 7.11 Å². The molecule has 8 heteroatoms. The lowest BCUT2D eigenvalue weighted by molar-refractivity contribution is 0.0950. The molecular formula is C19H20N4O4. The Hall–Kier alpha value is -3.26. The first-order valence-corrected chi connectivity index (χ1v) is 8.33. The monoisotopic (exact) mass is 368 g/mol. The van der Waals surface area contributed by atoms with E-state index >= 15 is 0 Å². The van der Waals surface area contributed by atoms with E-state index in [0.29, 0.717) is 13.2 Å². The minimum atomic E-state index is -0.484. The molecule has 1 N–H and O–H groups in total. The van der Waals surface area contributed by atoms with Gasteiger partial charge in [-0.25, -0.2) is 9.78 Å². The van der Waals surface area contributed by atoms with Crippen molar-refractivity contribution in [2.75, 3.05) is 7.11 Å². The first-order chi connectivity index (χ1) is 12.9. The van der Waals surface area contributed by atoms with Gasteiger partial charge in [-0.1, -0.05) is 24.3 Å². The molecule has 0 saturated heterocycles. The number of nitrogens with zero attached hydrogens (tertiary/aromatic N) is 3. The van der Waals surface area contributed by atoms with Gasteiger partial charge in [-0.15, -0.1) is 0 Å². The molecule has 3 aromatic rings. The summed E-state index contributed by atoms with van der Waals surface area (Å²) in [5.74, 6) is -0.350. The predicted molar refractivity (Wildman–Crippen MR) is 101 cm³/mol. The predicted octanol–water partition coefficient (Wildman–Crippen LogP) is 0.709. The van der Waals surface area contributed by atoms with Gasteiger partial charge in [-0.2, -0.15) is 0 Å². The average Bonchev–Trinajstić information content (AvgIpc) is 2.69. The number of amides is 1. The topological polar surface area (TPSA) is 95.2 Å². The Morgan fingerprint density at radius 2 is 1.89 bits per heavy atom. The lowest BCUT2D eigenvalue weighted by Crippen LogP contribution is -2.37. The minimum absolute atomic E-state index is 0.217. The molecule has 8 nitrogen and oxygen atoms in total. The molecule has 140 valence electrons. The highest BCUT2D eigenvalue weighted by Crippen LogP contribution is 2.09. The van der Waals surface area contributed by atoms with Crippen LogP contribution in [0.2, 0.25) is 0 Å². The second kappa shape index (κ2) is 7.55. The summed E-state index contributed by atoms with van der Waals surface area (Å²) in [4.78, 5) is 40.9. The Labute approximate surface area is 155 Å². The van der Waals surface area contributed by atoms with Crippen LogP contribution in [0, 0.1) is 0 Å². The number of methoxy groups -OCH3 is 1. The quantitative estimate of drug-likeness (QED) is 0.716. The second-order valence-electron chi connectivity index (χ2n) is 6.24. The fourth-order valence-corrected chi connectivity index (χ4v) is 2.87. The number of aromatic nitrogens is 3. The lowest BCUT2D eigenvalue weighted by Gasteiger charge is -2.09. The summed E-state index contributed by atoms with van der Waals surface area (Å²) in [6, 6.07) is 9.16. The van der Waals surface area contributed by atoms with Gasteiger partial charge in [0.15, 0.2) is 0 Å². The van der Waals surface area contributed by atoms with Crippen LogP contribution in [0.15, 0.2) is 46.1 Å². The number of hydrogen-bond donors (Lipinski definition) is 1. The number of hydrogen-bond acceptors (Lipinski definition) is 5.